The molecule has 0 unspecified atom stereocenters. The van der Waals surface area contributed by atoms with Gasteiger partial charge in [-0.3, -0.25) is 10.1 Å². The lowest BCUT2D eigenvalue weighted by Crippen LogP contribution is -2.00. The van der Waals surface area contributed by atoms with Gasteiger partial charge in [-0.25, -0.2) is 4.79 Å². The molecule has 6 heteroatoms. The van der Waals surface area contributed by atoms with Gasteiger partial charge in [-0.1, -0.05) is 6.07 Å². The average molecular weight is 223 g/mol. The number of rotatable bonds is 4. The molecule has 0 spiro atoms. The molecule has 0 amide bonds. The Bertz CT molecular complexity index is 453. The first-order chi connectivity index (χ1) is 7.54. The van der Waals surface area contributed by atoms with Crippen LogP contribution in [-0.2, 0) is 0 Å². The van der Waals surface area contributed by atoms with Crippen molar-refractivity contribution in [1.29, 1.82) is 0 Å². The first kappa shape index (κ1) is 11.7. The molecule has 1 rings (SSSR count). The highest BCUT2D eigenvalue weighted by atomic mass is 16.6. The third-order valence-corrected chi connectivity index (χ3v) is 1.84. The average Bonchev–Trinajstić information content (AvgIpc) is 2.25. The normalized spacial score (nSPS) is 10.3. The number of carbonyl (C=O) groups is 1. The summed E-state index contributed by atoms with van der Waals surface area (Å²) >= 11 is 0. The number of nitro groups is 1. The number of hydrogen-bond acceptors (Lipinski definition) is 4. The molecule has 0 saturated carbocycles. The third kappa shape index (κ3) is 2.81. The molecule has 84 valence electrons. The number of methoxy groups -OCH3 is 1. The predicted molar refractivity (Wildman–Crippen MR) is 56.0 cm³/mol. The van der Waals surface area contributed by atoms with Crippen LogP contribution in [0.2, 0.25) is 0 Å². The van der Waals surface area contributed by atoms with Gasteiger partial charge in [0, 0.05) is 6.08 Å². The van der Waals surface area contributed by atoms with Gasteiger partial charge in [0.25, 0.3) is 0 Å². The van der Waals surface area contributed by atoms with E-state index in [-0.39, 0.29) is 11.3 Å². The van der Waals surface area contributed by atoms with Crippen molar-refractivity contribution < 1.29 is 19.6 Å². The molecule has 0 radical (unpaired) electrons. The largest absolute Gasteiger partial charge is 0.496 e. The molecule has 0 atom stereocenters. The van der Waals surface area contributed by atoms with Crippen LogP contribution in [0.1, 0.15) is 15.9 Å². The van der Waals surface area contributed by atoms with E-state index in [0.717, 1.165) is 6.20 Å². The molecule has 0 aliphatic rings. The van der Waals surface area contributed by atoms with Crippen LogP contribution in [-0.4, -0.2) is 23.1 Å². The number of hydrogen-bond donors (Lipinski definition) is 1. The fourth-order valence-corrected chi connectivity index (χ4v) is 1.14. The molecule has 0 saturated heterocycles. The van der Waals surface area contributed by atoms with E-state index in [0.29, 0.717) is 5.56 Å². The molecule has 0 heterocycles. The predicted octanol–water partition coefficient (Wildman–Crippen LogP) is 1.64. The first-order valence-corrected chi connectivity index (χ1v) is 4.27. The zero-order valence-electron chi connectivity index (χ0n) is 8.41. The van der Waals surface area contributed by atoms with Crippen molar-refractivity contribution in [2.45, 2.75) is 0 Å². The lowest BCUT2D eigenvalue weighted by Gasteiger charge is -2.04. The van der Waals surface area contributed by atoms with Gasteiger partial charge in [-0.2, -0.15) is 0 Å². The Balaban J connectivity index is 3.12. The van der Waals surface area contributed by atoms with Gasteiger partial charge in [-0.15, -0.1) is 0 Å². The molecule has 1 aromatic rings. The zero-order valence-corrected chi connectivity index (χ0v) is 8.41. The van der Waals surface area contributed by atoms with Crippen molar-refractivity contribution in [1.82, 2.24) is 0 Å². The standard InChI is InChI=1S/C10H9NO5/c1-16-9-3-2-7(4-5-11(14)15)6-8(9)10(12)13/h2-6H,1H3,(H,12,13). The monoisotopic (exact) mass is 223 g/mol. The van der Waals surface area contributed by atoms with E-state index < -0.39 is 10.9 Å². The Morgan fingerprint density at radius 1 is 1.56 bits per heavy atom. The number of benzene rings is 1. The van der Waals surface area contributed by atoms with E-state index in [4.69, 9.17) is 9.84 Å². The van der Waals surface area contributed by atoms with Crippen LogP contribution < -0.4 is 4.74 Å². The van der Waals surface area contributed by atoms with Crippen molar-refractivity contribution in [3.63, 3.8) is 0 Å². The second-order valence-electron chi connectivity index (χ2n) is 2.87. The first-order valence-electron chi connectivity index (χ1n) is 4.27. The van der Waals surface area contributed by atoms with Crippen LogP contribution in [0, 0.1) is 10.1 Å². The summed E-state index contributed by atoms with van der Waals surface area (Å²) in [6, 6.07) is 4.29. The van der Waals surface area contributed by atoms with Gasteiger partial charge in [-0.05, 0) is 17.7 Å². The van der Waals surface area contributed by atoms with Crippen LogP contribution >= 0.6 is 0 Å². The summed E-state index contributed by atoms with van der Waals surface area (Å²) in [7, 11) is 1.36. The van der Waals surface area contributed by atoms with E-state index in [1.807, 2.05) is 0 Å². The summed E-state index contributed by atoms with van der Waals surface area (Å²) < 4.78 is 4.85. The topological polar surface area (TPSA) is 89.7 Å². The Labute approximate surface area is 90.9 Å². The zero-order chi connectivity index (χ0) is 12.1. The minimum absolute atomic E-state index is 0.0343. The summed E-state index contributed by atoms with van der Waals surface area (Å²) in [5.74, 6) is -0.932. The van der Waals surface area contributed by atoms with Gasteiger partial charge in [0.05, 0.1) is 12.0 Å². The number of carboxylic acids is 1. The molecule has 1 aromatic carbocycles. The van der Waals surface area contributed by atoms with E-state index in [9.17, 15) is 14.9 Å². The number of nitrogens with zero attached hydrogens (tertiary/aromatic N) is 1. The molecule has 16 heavy (non-hydrogen) atoms. The van der Waals surface area contributed by atoms with Crippen molar-refractivity contribution >= 4 is 12.0 Å². The summed E-state index contributed by atoms with van der Waals surface area (Å²) in [5, 5.41) is 19.0. The van der Waals surface area contributed by atoms with Crippen LogP contribution in [0.5, 0.6) is 5.75 Å². The fourth-order valence-electron chi connectivity index (χ4n) is 1.14. The third-order valence-electron chi connectivity index (χ3n) is 1.84. The summed E-state index contributed by atoms with van der Waals surface area (Å²) in [6.07, 6.45) is 1.96. The van der Waals surface area contributed by atoms with Crippen molar-refractivity contribution in [2.24, 2.45) is 0 Å². The highest BCUT2D eigenvalue weighted by Gasteiger charge is 2.10. The maximum Gasteiger partial charge on any atom is 0.339 e. The maximum absolute atomic E-state index is 10.8. The number of aromatic carboxylic acids is 1. The van der Waals surface area contributed by atoms with Crippen LogP contribution in [0.3, 0.4) is 0 Å². The summed E-state index contributed by atoms with van der Waals surface area (Å²) in [6.45, 7) is 0. The fraction of sp³-hybridized carbons (Fsp3) is 0.100. The molecule has 0 aliphatic heterocycles. The highest BCUT2D eigenvalue weighted by Crippen LogP contribution is 2.20. The van der Waals surface area contributed by atoms with E-state index in [1.165, 1.54) is 31.4 Å². The van der Waals surface area contributed by atoms with Gasteiger partial charge in [0.2, 0.25) is 6.20 Å². The lowest BCUT2D eigenvalue weighted by molar-refractivity contribution is -0.400. The van der Waals surface area contributed by atoms with E-state index >= 15 is 0 Å². The minimum Gasteiger partial charge on any atom is -0.496 e. The van der Waals surface area contributed by atoms with Crippen LogP contribution in [0.25, 0.3) is 6.08 Å². The number of ether oxygens (including phenoxy) is 1. The second kappa shape index (κ2) is 4.92. The van der Waals surface area contributed by atoms with Gasteiger partial charge >= 0.3 is 5.97 Å². The molecule has 0 aliphatic carbocycles. The molecule has 6 nitrogen and oxygen atoms in total. The van der Waals surface area contributed by atoms with Gasteiger partial charge in [0.1, 0.15) is 11.3 Å². The minimum atomic E-state index is -1.15. The smallest absolute Gasteiger partial charge is 0.339 e. The van der Waals surface area contributed by atoms with E-state index in [2.05, 4.69) is 0 Å². The highest BCUT2D eigenvalue weighted by molar-refractivity contribution is 5.91. The number of carboxylic acid groups (broad SMARTS) is 1. The molecular weight excluding hydrogens is 214 g/mol. The molecule has 0 bridgehead atoms. The second-order valence-corrected chi connectivity index (χ2v) is 2.87. The Morgan fingerprint density at radius 2 is 2.25 bits per heavy atom. The molecule has 1 N–H and O–H groups in total. The molecule has 0 aromatic heterocycles. The van der Waals surface area contributed by atoms with Gasteiger partial charge < -0.3 is 9.84 Å². The van der Waals surface area contributed by atoms with Gasteiger partial charge in [0.15, 0.2) is 0 Å². The molecule has 0 fully saturated rings. The molecular formula is C10H9NO5. The van der Waals surface area contributed by atoms with Crippen molar-refractivity contribution in [3.8, 4) is 5.75 Å². The Hall–Kier alpha value is -2.37. The summed E-state index contributed by atoms with van der Waals surface area (Å²) in [4.78, 5) is 20.3. The maximum atomic E-state index is 10.8. The van der Waals surface area contributed by atoms with Crippen molar-refractivity contribution in [3.05, 3.63) is 45.6 Å². The Kier molecular flexibility index (Phi) is 3.60. The van der Waals surface area contributed by atoms with E-state index in [1.54, 1.807) is 0 Å². The van der Waals surface area contributed by atoms with Crippen molar-refractivity contribution in [2.75, 3.05) is 7.11 Å². The van der Waals surface area contributed by atoms with Crippen LogP contribution in [0.4, 0.5) is 0 Å². The SMILES string of the molecule is COc1ccc(C=C[N+](=O)[O-])cc1C(=O)O. The summed E-state index contributed by atoms with van der Waals surface area (Å²) in [5.41, 5.74) is 0.392. The quantitative estimate of drug-likeness (QED) is 0.619. The lowest BCUT2D eigenvalue weighted by atomic mass is 10.1. The van der Waals surface area contributed by atoms with Crippen LogP contribution in [0.15, 0.2) is 24.4 Å². The Morgan fingerprint density at radius 3 is 2.75 bits per heavy atom.